The van der Waals surface area contributed by atoms with Crippen molar-refractivity contribution in [3.05, 3.63) is 126 Å². The zero-order chi connectivity index (χ0) is 26.5. The molecule has 0 aliphatic carbocycles. The zero-order valence-corrected chi connectivity index (χ0v) is 21.2. The monoisotopic (exact) mass is 501 g/mol. The molecule has 0 atom stereocenters. The third-order valence-corrected chi connectivity index (χ3v) is 6.21. The van der Waals surface area contributed by atoms with E-state index in [9.17, 15) is 9.59 Å². The topological polar surface area (TPSA) is 62.2 Å². The summed E-state index contributed by atoms with van der Waals surface area (Å²) in [7, 11) is 0. The number of likely N-dealkylation sites (N-methyl/N-ethyl adjacent to an activating group) is 1. The largest absolute Gasteiger partial charge is 0.419 e. The molecular formula is C32H27N3O3. The molecule has 1 aliphatic rings. The van der Waals surface area contributed by atoms with Crippen LogP contribution < -0.4 is 4.90 Å². The lowest BCUT2D eigenvalue weighted by Gasteiger charge is -2.25. The molecule has 6 nitrogen and oxygen atoms in total. The van der Waals surface area contributed by atoms with Gasteiger partial charge < -0.3 is 9.64 Å². The van der Waals surface area contributed by atoms with Crippen LogP contribution in [0.1, 0.15) is 28.4 Å². The normalized spacial score (nSPS) is 15.1. The molecule has 1 saturated heterocycles. The van der Waals surface area contributed by atoms with E-state index < -0.39 is 0 Å². The number of ether oxygens (including phenoxy) is 1. The molecule has 0 N–H and O–H groups in total. The van der Waals surface area contributed by atoms with Gasteiger partial charge in [-0.15, -0.1) is 0 Å². The van der Waals surface area contributed by atoms with Crippen molar-refractivity contribution in [1.29, 1.82) is 0 Å². The highest BCUT2D eigenvalue weighted by Crippen LogP contribution is 2.34. The molecule has 6 heteroatoms. The highest BCUT2D eigenvalue weighted by molar-refractivity contribution is 6.12. The molecule has 38 heavy (non-hydrogen) atoms. The van der Waals surface area contributed by atoms with Crippen LogP contribution in [0.25, 0.3) is 6.08 Å². The van der Waals surface area contributed by atoms with Gasteiger partial charge in [0.2, 0.25) is 0 Å². The van der Waals surface area contributed by atoms with Crippen molar-refractivity contribution < 1.29 is 14.3 Å². The third kappa shape index (κ3) is 5.11. The number of aryl methyl sites for hydroxylation is 1. The maximum absolute atomic E-state index is 13.1. The highest BCUT2D eigenvalue weighted by atomic mass is 16.5. The Hall–Kier alpha value is -4.97. The van der Waals surface area contributed by atoms with Crippen molar-refractivity contribution in [2.45, 2.75) is 13.8 Å². The van der Waals surface area contributed by atoms with Crippen LogP contribution in [0.5, 0.6) is 0 Å². The predicted molar refractivity (Wildman–Crippen MR) is 151 cm³/mol. The summed E-state index contributed by atoms with van der Waals surface area (Å²) in [6, 6.07) is 33.8. The second-order valence-corrected chi connectivity index (χ2v) is 8.83. The van der Waals surface area contributed by atoms with Crippen molar-refractivity contribution >= 4 is 47.0 Å². The third-order valence-electron chi connectivity index (χ3n) is 6.21. The Morgan fingerprint density at radius 1 is 0.842 bits per heavy atom. The Morgan fingerprint density at radius 3 is 2.03 bits per heavy atom. The van der Waals surface area contributed by atoms with Gasteiger partial charge in [-0.3, -0.25) is 14.5 Å². The summed E-state index contributed by atoms with van der Waals surface area (Å²) in [6.07, 6.45) is 2.46. The number of carbonyl (C=O) groups excluding carboxylic acids is 2. The van der Waals surface area contributed by atoms with Gasteiger partial charge >= 0.3 is 6.02 Å². The molecule has 0 unspecified atom stereocenters. The van der Waals surface area contributed by atoms with E-state index in [0.717, 1.165) is 34.5 Å². The van der Waals surface area contributed by atoms with E-state index in [-0.39, 0.29) is 17.7 Å². The van der Waals surface area contributed by atoms with Crippen molar-refractivity contribution in [3.8, 4) is 0 Å². The lowest BCUT2D eigenvalue weighted by atomic mass is 10.1. The lowest BCUT2D eigenvalue weighted by Crippen LogP contribution is -2.29. The molecule has 1 heterocycles. The maximum Gasteiger partial charge on any atom is 0.305 e. The first kappa shape index (κ1) is 24.7. The maximum atomic E-state index is 13.1. The SMILES string of the molecule is CCN1C(=O)/C(=C\c2ccc(N(c3ccccc3)c3ccccc3)cc2)OC1=Nc1cc(C)ccc1C=O. The fourth-order valence-corrected chi connectivity index (χ4v) is 4.30. The number of hydrogen-bond donors (Lipinski definition) is 0. The van der Waals surface area contributed by atoms with E-state index in [0.29, 0.717) is 17.8 Å². The van der Waals surface area contributed by atoms with Gasteiger partial charge in [0.1, 0.15) is 0 Å². The summed E-state index contributed by atoms with van der Waals surface area (Å²) in [4.78, 5) is 32.7. The molecule has 5 rings (SSSR count). The standard InChI is InChI=1S/C32H27N3O3/c1-3-34-31(37)30(38-32(34)33-29-20-23(2)14-17-25(29)22-36)21-24-15-18-28(19-16-24)35(26-10-6-4-7-11-26)27-12-8-5-9-13-27/h4-22H,3H2,1-2H3/b30-21+,33-32?. The van der Waals surface area contributed by atoms with E-state index in [4.69, 9.17) is 4.74 Å². The molecule has 4 aromatic carbocycles. The Balaban J connectivity index is 1.45. The summed E-state index contributed by atoms with van der Waals surface area (Å²) >= 11 is 0. The summed E-state index contributed by atoms with van der Waals surface area (Å²) in [6.45, 7) is 4.16. The van der Waals surface area contributed by atoms with Crippen LogP contribution in [0.3, 0.4) is 0 Å². The van der Waals surface area contributed by atoms with E-state index in [1.54, 1.807) is 18.2 Å². The van der Waals surface area contributed by atoms with Crippen molar-refractivity contribution in [2.75, 3.05) is 11.4 Å². The summed E-state index contributed by atoms with van der Waals surface area (Å²) < 4.78 is 5.90. The lowest BCUT2D eigenvalue weighted by molar-refractivity contribution is -0.122. The van der Waals surface area contributed by atoms with Crippen molar-refractivity contribution in [3.63, 3.8) is 0 Å². The Kier molecular flexibility index (Phi) is 7.13. The number of hydrogen-bond acceptors (Lipinski definition) is 5. The van der Waals surface area contributed by atoms with Gasteiger partial charge in [0.25, 0.3) is 5.91 Å². The van der Waals surface area contributed by atoms with Gasteiger partial charge in [0, 0.05) is 29.2 Å². The van der Waals surface area contributed by atoms with Crippen LogP contribution in [-0.4, -0.2) is 29.7 Å². The van der Waals surface area contributed by atoms with Gasteiger partial charge in [-0.05, 0) is 79.6 Å². The molecule has 188 valence electrons. The van der Waals surface area contributed by atoms with Gasteiger partial charge in [0.05, 0.1) is 5.69 Å². The van der Waals surface area contributed by atoms with E-state index in [1.807, 2.05) is 80.6 Å². The van der Waals surface area contributed by atoms with Crippen LogP contribution in [-0.2, 0) is 9.53 Å². The highest BCUT2D eigenvalue weighted by Gasteiger charge is 2.34. The molecule has 0 spiro atoms. The minimum Gasteiger partial charge on any atom is -0.419 e. The smallest absolute Gasteiger partial charge is 0.305 e. The molecular weight excluding hydrogens is 474 g/mol. The van der Waals surface area contributed by atoms with Crippen LogP contribution in [0.15, 0.2) is 114 Å². The number of anilines is 3. The number of rotatable bonds is 7. The number of benzene rings is 4. The minimum absolute atomic E-state index is 0.161. The van der Waals surface area contributed by atoms with E-state index in [2.05, 4.69) is 34.2 Å². The van der Waals surface area contributed by atoms with Gasteiger partial charge in [-0.25, -0.2) is 0 Å². The van der Waals surface area contributed by atoms with Crippen molar-refractivity contribution in [1.82, 2.24) is 4.90 Å². The average molecular weight is 502 g/mol. The molecule has 0 radical (unpaired) electrons. The van der Waals surface area contributed by atoms with Crippen LogP contribution in [0.4, 0.5) is 22.7 Å². The Morgan fingerprint density at radius 2 is 1.45 bits per heavy atom. The zero-order valence-electron chi connectivity index (χ0n) is 21.2. The first-order chi connectivity index (χ1) is 18.6. The fourth-order valence-electron chi connectivity index (χ4n) is 4.30. The number of amidine groups is 1. The van der Waals surface area contributed by atoms with Gasteiger partial charge in [-0.2, -0.15) is 4.99 Å². The Bertz CT molecular complexity index is 1470. The number of carbonyl (C=O) groups is 2. The van der Waals surface area contributed by atoms with Crippen LogP contribution >= 0.6 is 0 Å². The minimum atomic E-state index is -0.272. The molecule has 1 aliphatic heterocycles. The summed E-state index contributed by atoms with van der Waals surface area (Å²) in [5.74, 6) is -0.0903. The Labute approximate surface area is 222 Å². The summed E-state index contributed by atoms with van der Waals surface area (Å²) in [5.41, 5.74) is 5.76. The number of aldehydes is 1. The van der Waals surface area contributed by atoms with Crippen LogP contribution in [0.2, 0.25) is 0 Å². The first-order valence-electron chi connectivity index (χ1n) is 12.4. The summed E-state index contributed by atoms with van der Waals surface area (Å²) in [5, 5.41) is 0. The first-order valence-corrected chi connectivity index (χ1v) is 12.4. The van der Waals surface area contributed by atoms with Gasteiger partial charge in [0.15, 0.2) is 12.0 Å². The van der Waals surface area contributed by atoms with Gasteiger partial charge in [-0.1, -0.05) is 54.6 Å². The number of nitrogens with zero attached hydrogens (tertiary/aromatic N) is 3. The van der Waals surface area contributed by atoms with Crippen LogP contribution in [0, 0.1) is 6.92 Å². The molecule has 1 amide bonds. The predicted octanol–water partition coefficient (Wildman–Crippen LogP) is 7.18. The quantitative estimate of drug-likeness (QED) is 0.199. The van der Waals surface area contributed by atoms with E-state index >= 15 is 0 Å². The molecule has 0 bridgehead atoms. The molecule has 1 fully saturated rings. The second-order valence-electron chi connectivity index (χ2n) is 8.83. The molecule has 0 saturated carbocycles. The molecule has 4 aromatic rings. The fraction of sp³-hybridized carbons (Fsp3) is 0.0938. The number of aliphatic imine (C=N–C) groups is 1. The van der Waals surface area contributed by atoms with Crippen molar-refractivity contribution in [2.24, 2.45) is 4.99 Å². The number of amides is 1. The van der Waals surface area contributed by atoms with E-state index in [1.165, 1.54) is 4.90 Å². The second kappa shape index (κ2) is 11.0. The molecule has 0 aromatic heterocycles. The average Bonchev–Trinajstić information content (AvgIpc) is 3.24. The number of para-hydroxylation sites is 2.